The van der Waals surface area contributed by atoms with Crippen molar-refractivity contribution in [3.05, 3.63) is 35.6 Å². The number of hydrogen-bond acceptors (Lipinski definition) is 4. The van der Waals surface area contributed by atoms with Crippen LogP contribution in [0.1, 0.15) is 56.9 Å². The van der Waals surface area contributed by atoms with Gasteiger partial charge in [-0.15, -0.1) is 0 Å². The van der Waals surface area contributed by atoms with E-state index in [1.807, 2.05) is 16.8 Å². The van der Waals surface area contributed by atoms with Crippen molar-refractivity contribution in [2.75, 3.05) is 26.7 Å². The molecule has 1 aromatic rings. The molecule has 6 nitrogen and oxygen atoms in total. The zero-order valence-electron chi connectivity index (χ0n) is 19.2. The summed E-state index contributed by atoms with van der Waals surface area (Å²) in [6.45, 7) is 2.08. The number of rotatable bonds is 6. The molecule has 2 atom stereocenters. The van der Waals surface area contributed by atoms with E-state index in [0.717, 1.165) is 25.7 Å². The van der Waals surface area contributed by atoms with Gasteiger partial charge in [0.25, 0.3) is 0 Å². The number of carbonyl (C=O) groups is 2. The molecule has 0 radical (unpaired) electrons. The quantitative estimate of drug-likeness (QED) is 0.708. The van der Waals surface area contributed by atoms with E-state index in [2.05, 4.69) is 10.9 Å². The molecule has 2 heterocycles. The molecule has 1 saturated carbocycles. The lowest BCUT2D eigenvalue weighted by Crippen LogP contribution is -2.50. The van der Waals surface area contributed by atoms with Crippen molar-refractivity contribution < 1.29 is 14.0 Å². The fourth-order valence-electron chi connectivity index (χ4n) is 5.72. The van der Waals surface area contributed by atoms with Crippen molar-refractivity contribution in [1.82, 2.24) is 20.7 Å². The van der Waals surface area contributed by atoms with Gasteiger partial charge in [0.15, 0.2) is 0 Å². The molecular formula is C25H37FN4O2. The van der Waals surface area contributed by atoms with Gasteiger partial charge in [-0.3, -0.25) is 20.4 Å². The second kappa shape index (κ2) is 10.8. The first-order chi connectivity index (χ1) is 15.5. The number of nitrogens with one attached hydrogen (secondary N) is 2. The monoisotopic (exact) mass is 444 g/mol. The Morgan fingerprint density at radius 2 is 1.81 bits per heavy atom. The topological polar surface area (TPSA) is 64.7 Å². The number of piperidine rings is 1. The average molecular weight is 445 g/mol. The molecule has 0 bridgehead atoms. The molecule has 1 aromatic carbocycles. The smallest absolute Gasteiger partial charge is 0.228 e. The fourth-order valence-corrected chi connectivity index (χ4v) is 5.72. The van der Waals surface area contributed by atoms with Crippen LogP contribution in [0.15, 0.2) is 24.3 Å². The minimum absolute atomic E-state index is 0.0461. The summed E-state index contributed by atoms with van der Waals surface area (Å²) in [6, 6.07) is 7.16. The van der Waals surface area contributed by atoms with Crippen molar-refractivity contribution in [2.24, 2.45) is 11.8 Å². The van der Waals surface area contributed by atoms with Gasteiger partial charge in [-0.05, 0) is 49.7 Å². The first-order valence-corrected chi connectivity index (χ1v) is 12.3. The molecule has 2 saturated heterocycles. The highest BCUT2D eigenvalue weighted by Gasteiger charge is 2.41. The Kier molecular flexibility index (Phi) is 7.79. The van der Waals surface area contributed by atoms with Gasteiger partial charge in [0.05, 0.1) is 5.92 Å². The lowest BCUT2D eigenvalue weighted by molar-refractivity contribution is -0.138. The Hall–Kier alpha value is -1.99. The van der Waals surface area contributed by atoms with E-state index < -0.39 is 0 Å². The fraction of sp³-hybridized carbons (Fsp3) is 0.680. The van der Waals surface area contributed by atoms with Crippen LogP contribution in [0.3, 0.4) is 0 Å². The summed E-state index contributed by atoms with van der Waals surface area (Å²) in [7, 11) is 1.98. The molecule has 2 N–H and O–H groups in total. The summed E-state index contributed by atoms with van der Waals surface area (Å²) < 4.78 is 13.8. The summed E-state index contributed by atoms with van der Waals surface area (Å²) >= 11 is 0. The lowest BCUT2D eigenvalue weighted by atomic mass is 9.82. The maximum absolute atomic E-state index is 13.8. The summed E-state index contributed by atoms with van der Waals surface area (Å²) in [5.41, 5.74) is 7.19. The van der Waals surface area contributed by atoms with Crippen molar-refractivity contribution in [3.63, 3.8) is 0 Å². The molecule has 3 aliphatic rings. The largest absolute Gasteiger partial charge is 0.343 e. The Balaban J connectivity index is 1.27. The van der Waals surface area contributed by atoms with Gasteiger partial charge >= 0.3 is 0 Å². The average Bonchev–Trinajstić information content (AvgIpc) is 3.33. The zero-order chi connectivity index (χ0) is 22.5. The summed E-state index contributed by atoms with van der Waals surface area (Å²) in [4.78, 5) is 29.8. The maximum Gasteiger partial charge on any atom is 0.228 e. The Bertz CT molecular complexity index is 790. The first-order valence-electron chi connectivity index (χ1n) is 12.3. The minimum atomic E-state index is -0.243. The molecule has 2 aliphatic heterocycles. The highest BCUT2D eigenvalue weighted by atomic mass is 19.1. The molecule has 0 spiro atoms. The van der Waals surface area contributed by atoms with Crippen LogP contribution in [0.2, 0.25) is 0 Å². The van der Waals surface area contributed by atoms with Crippen LogP contribution in [0.25, 0.3) is 0 Å². The van der Waals surface area contributed by atoms with Gasteiger partial charge in [-0.2, -0.15) is 0 Å². The molecule has 1 aliphatic carbocycles. The molecule has 2 unspecified atom stereocenters. The van der Waals surface area contributed by atoms with Gasteiger partial charge in [0.2, 0.25) is 11.8 Å². The van der Waals surface area contributed by atoms with Crippen LogP contribution in [0, 0.1) is 17.7 Å². The van der Waals surface area contributed by atoms with Crippen LogP contribution in [0.5, 0.6) is 0 Å². The Labute approximate surface area is 190 Å². The van der Waals surface area contributed by atoms with Crippen molar-refractivity contribution in [3.8, 4) is 0 Å². The molecule has 3 fully saturated rings. The normalized spacial score (nSPS) is 25.1. The van der Waals surface area contributed by atoms with Crippen LogP contribution in [0.4, 0.5) is 4.39 Å². The van der Waals surface area contributed by atoms with Crippen molar-refractivity contribution >= 4 is 11.8 Å². The number of amides is 2. The number of nitrogens with zero attached hydrogens (tertiary/aromatic N) is 2. The molecule has 0 aromatic heterocycles. The maximum atomic E-state index is 13.8. The van der Waals surface area contributed by atoms with Crippen molar-refractivity contribution in [2.45, 2.75) is 69.9 Å². The predicted molar refractivity (Wildman–Crippen MR) is 122 cm³/mol. The van der Waals surface area contributed by atoms with Gasteiger partial charge in [-0.1, -0.05) is 37.5 Å². The SMILES string of the molecule is CN(C(=O)C1CNNC1C1CCN(C(=O)CCc2ccccc2F)CC1)C1CCCCC1. The van der Waals surface area contributed by atoms with Gasteiger partial charge in [0, 0.05) is 45.2 Å². The number of hydrogen-bond donors (Lipinski definition) is 2. The standard InChI is InChI=1S/C25H37FN4O2/c1-29(20-8-3-2-4-9-20)25(32)21-17-27-28-24(21)19-13-15-30(16-14-19)23(31)12-11-18-7-5-6-10-22(18)26/h5-7,10,19-21,24,27-28H,2-4,8-9,11-17H2,1H3. The van der Waals surface area contributed by atoms with Crippen molar-refractivity contribution in [1.29, 1.82) is 0 Å². The minimum Gasteiger partial charge on any atom is -0.343 e. The number of benzene rings is 1. The lowest BCUT2D eigenvalue weighted by Gasteiger charge is -2.38. The first kappa shape index (κ1) is 23.2. The third kappa shape index (κ3) is 5.31. The molecule has 32 heavy (non-hydrogen) atoms. The number of aryl methyl sites for hydroxylation is 1. The number of likely N-dealkylation sites (tertiary alicyclic amines) is 1. The molecule has 176 valence electrons. The van der Waals surface area contributed by atoms with E-state index in [-0.39, 0.29) is 29.6 Å². The van der Waals surface area contributed by atoms with Gasteiger partial charge in [0.1, 0.15) is 5.82 Å². The third-order valence-electron chi connectivity index (χ3n) is 7.78. The van der Waals surface area contributed by atoms with E-state index in [1.54, 1.807) is 18.2 Å². The molecule has 4 rings (SSSR count). The van der Waals surface area contributed by atoms with Crippen LogP contribution in [-0.4, -0.2) is 60.4 Å². The van der Waals surface area contributed by atoms with E-state index >= 15 is 0 Å². The highest BCUT2D eigenvalue weighted by Crippen LogP contribution is 2.30. The highest BCUT2D eigenvalue weighted by molar-refractivity contribution is 5.80. The Morgan fingerprint density at radius 3 is 2.53 bits per heavy atom. The summed E-state index contributed by atoms with van der Waals surface area (Å²) in [5, 5.41) is 0. The molecule has 7 heteroatoms. The van der Waals surface area contributed by atoms with E-state index in [4.69, 9.17) is 0 Å². The van der Waals surface area contributed by atoms with Gasteiger partial charge < -0.3 is 9.80 Å². The second-order valence-corrected chi connectivity index (χ2v) is 9.71. The van der Waals surface area contributed by atoms with Crippen LogP contribution >= 0.6 is 0 Å². The van der Waals surface area contributed by atoms with E-state index in [0.29, 0.717) is 50.0 Å². The summed E-state index contributed by atoms with van der Waals surface area (Å²) in [6.07, 6.45) is 8.51. The van der Waals surface area contributed by atoms with Crippen LogP contribution in [-0.2, 0) is 16.0 Å². The predicted octanol–water partition coefficient (Wildman–Crippen LogP) is 2.88. The zero-order valence-corrected chi connectivity index (χ0v) is 19.2. The second-order valence-electron chi connectivity index (χ2n) is 9.71. The summed E-state index contributed by atoms with van der Waals surface area (Å²) in [5.74, 6) is 0.425. The van der Waals surface area contributed by atoms with Gasteiger partial charge in [-0.25, -0.2) is 4.39 Å². The Morgan fingerprint density at radius 1 is 1.09 bits per heavy atom. The van der Waals surface area contributed by atoms with E-state index in [9.17, 15) is 14.0 Å². The number of hydrazine groups is 1. The number of halogens is 1. The van der Waals surface area contributed by atoms with E-state index in [1.165, 1.54) is 25.3 Å². The number of carbonyl (C=O) groups excluding carboxylic acids is 2. The van der Waals surface area contributed by atoms with Crippen LogP contribution < -0.4 is 10.9 Å². The molecular weight excluding hydrogens is 407 g/mol. The molecule has 2 amide bonds. The third-order valence-corrected chi connectivity index (χ3v) is 7.78.